The summed E-state index contributed by atoms with van der Waals surface area (Å²) in [5.41, 5.74) is 5.97. The summed E-state index contributed by atoms with van der Waals surface area (Å²) >= 11 is 0. The van der Waals surface area contributed by atoms with E-state index in [4.69, 9.17) is 4.74 Å². The number of ether oxygens (including phenoxy) is 1. The number of amides is 1. The summed E-state index contributed by atoms with van der Waals surface area (Å²) in [6, 6.07) is 11.7. The van der Waals surface area contributed by atoms with Gasteiger partial charge in [0.1, 0.15) is 17.7 Å². The molecule has 1 atom stereocenters. The van der Waals surface area contributed by atoms with Gasteiger partial charge in [-0.05, 0) is 31.5 Å². The smallest absolute Gasteiger partial charge is 0.251 e. The van der Waals surface area contributed by atoms with Crippen LogP contribution in [0.3, 0.4) is 0 Å². The number of fused-ring (bicyclic) bond motifs is 2. The summed E-state index contributed by atoms with van der Waals surface area (Å²) in [4.78, 5) is 30.4. The summed E-state index contributed by atoms with van der Waals surface area (Å²) in [6.45, 7) is 7.39. The lowest BCUT2D eigenvalue weighted by atomic mass is 9.96. The molecule has 3 aromatic heterocycles. The molecule has 2 N–H and O–H groups in total. The number of nitrogens with zero attached hydrogens (tertiary/aromatic N) is 4. The fraction of sp³-hybridized carbons (Fsp3) is 0.296. The summed E-state index contributed by atoms with van der Waals surface area (Å²) in [5, 5.41) is 6.97. The normalized spacial score (nSPS) is 15.0. The Kier molecular flexibility index (Phi) is 5.90. The van der Waals surface area contributed by atoms with Crippen LogP contribution in [0, 0.1) is 0 Å². The second-order valence-corrected chi connectivity index (χ2v) is 9.28. The molecule has 0 bridgehead atoms. The minimum atomic E-state index is -0.361. The van der Waals surface area contributed by atoms with Crippen molar-refractivity contribution >= 4 is 22.6 Å². The molecule has 1 amide bonds. The molecule has 0 unspecified atom stereocenters. The van der Waals surface area contributed by atoms with E-state index in [2.05, 4.69) is 49.6 Å². The number of rotatable bonds is 6. The summed E-state index contributed by atoms with van der Waals surface area (Å²) in [7, 11) is 1.63. The number of hydrogen-bond donors (Lipinski definition) is 2. The molecule has 1 aromatic carbocycles. The molecule has 0 saturated carbocycles. The van der Waals surface area contributed by atoms with E-state index in [0.29, 0.717) is 18.7 Å². The van der Waals surface area contributed by atoms with E-state index in [1.54, 1.807) is 25.6 Å². The molecule has 0 spiro atoms. The van der Waals surface area contributed by atoms with Gasteiger partial charge in [-0.25, -0.2) is 9.97 Å². The van der Waals surface area contributed by atoms with Crippen LogP contribution in [-0.2, 0) is 16.9 Å². The number of para-hydroxylation sites is 1. The van der Waals surface area contributed by atoms with Crippen LogP contribution in [0.1, 0.15) is 53.9 Å². The van der Waals surface area contributed by atoms with Gasteiger partial charge >= 0.3 is 0 Å². The maximum atomic E-state index is 12.3. The van der Waals surface area contributed by atoms with E-state index in [-0.39, 0.29) is 17.4 Å². The van der Waals surface area contributed by atoms with Crippen LogP contribution in [0.2, 0.25) is 0 Å². The van der Waals surface area contributed by atoms with Crippen LogP contribution in [0.5, 0.6) is 0 Å². The minimum Gasteiger partial charge on any atom is -0.369 e. The molecule has 1 aliphatic heterocycles. The lowest BCUT2D eigenvalue weighted by Gasteiger charge is -2.17. The van der Waals surface area contributed by atoms with Gasteiger partial charge in [0.2, 0.25) is 0 Å². The summed E-state index contributed by atoms with van der Waals surface area (Å²) in [6.07, 6.45) is 5.09. The third-order valence-electron chi connectivity index (χ3n) is 6.48. The van der Waals surface area contributed by atoms with Gasteiger partial charge in [-0.15, -0.1) is 0 Å². The molecule has 178 valence electrons. The van der Waals surface area contributed by atoms with Crippen molar-refractivity contribution in [3.63, 3.8) is 0 Å². The SMILES string of the molecule is CNC(=O)c1ccnc2c([C@H](C)CNc3cc(-c4cnc5c(c4)COC5(C)C)ncn3)cccc12. The fourth-order valence-electron chi connectivity index (χ4n) is 4.54. The van der Waals surface area contributed by atoms with Gasteiger partial charge in [0.15, 0.2) is 0 Å². The molecule has 5 rings (SSSR count). The molecule has 35 heavy (non-hydrogen) atoms. The quantitative estimate of drug-likeness (QED) is 0.432. The second kappa shape index (κ2) is 9.03. The highest BCUT2D eigenvalue weighted by atomic mass is 16.5. The van der Waals surface area contributed by atoms with E-state index in [9.17, 15) is 4.79 Å². The molecule has 0 saturated heterocycles. The Bertz CT molecular complexity index is 1420. The van der Waals surface area contributed by atoms with Crippen molar-refractivity contribution in [2.45, 2.75) is 38.9 Å². The van der Waals surface area contributed by atoms with E-state index in [0.717, 1.165) is 44.8 Å². The Hall–Kier alpha value is -3.91. The first-order chi connectivity index (χ1) is 16.9. The first-order valence-electron chi connectivity index (χ1n) is 11.7. The van der Waals surface area contributed by atoms with Crippen molar-refractivity contribution in [3.8, 4) is 11.3 Å². The molecular formula is C27H28N6O2. The number of pyridine rings is 2. The largest absolute Gasteiger partial charge is 0.369 e. The third-order valence-corrected chi connectivity index (χ3v) is 6.48. The van der Waals surface area contributed by atoms with E-state index >= 15 is 0 Å². The predicted octanol–water partition coefficient (Wildman–Crippen LogP) is 4.43. The molecule has 4 aromatic rings. The number of carbonyl (C=O) groups is 1. The van der Waals surface area contributed by atoms with Crippen LogP contribution in [0.4, 0.5) is 5.82 Å². The molecule has 4 heterocycles. The zero-order valence-electron chi connectivity index (χ0n) is 20.3. The molecule has 1 aliphatic rings. The number of carbonyl (C=O) groups excluding carboxylic acids is 1. The number of benzene rings is 1. The maximum Gasteiger partial charge on any atom is 0.251 e. The number of nitrogens with one attached hydrogen (secondary N) is 2. The average molecular weight is 469 g/mol. The van der Waals surface area contributed by atoms with Crippen LogP contribution < -0.4 is 10.6 Å². The number of hydrogen-bond acceptors (Lipinski definition) is 7. The fourth-order valence-corrected chi connectivity index (χ4v) is 4.54. The first-order valence-corrected chi connectivity index (χ1v) is 11.7. The first kappa shape index (κ1) is 22.9. The lowest BCUT2D eigenvalue weighted by molar-refractivity contribution is -0.0101. The Morgan fingerprint density at radius 2 is 2.00 bits per heavy atom. The Labute approximate surface area is 204 Å². The van der Waals surface area contributed by atoms with E-state index < -0.39 is 0 Å². The third kappa shape index (κ3) is 4.33. The summed E-state index contributed by atoms with van der Waals surface area (Å²) < 4.78 is 5.85. The van der Waals surface area contributed by atoms with Gasteiger partial charge in [-0.3, -0.25) is 14.8 Å². The number of anilines is 1. The van der Waals surface area contributed by atoms with E-state index in [1.807, 2.05) is 38.2 Å². The Balaban J connectivity index is 1.35. The molecule has 0 radical (unpaired) electrons. The highest BCUT2D eigenvalue weighted by Crippen LogP contribution is 2.36. The molecule has 8 nitrogen and oxygen atoms in total. The van der Waals surface area contributed by atoms with Crippen LogP contribution in [-0.4, -0.2) is 39.4 Å². The monoisotopic (exact) mass is 468 g/mol. The number of aromatic nitrogens is 4. The molecule has 0 fully saturated rings. The topological polar surface area (TPSA) is 102 Å². The van der Waals surface area contributed by atoms with Crippen LogP contribution in [0.25, 0.3) is 22.2 Å². The van der Waals surface area contributed by atoms with Gasteiger partial charge in [0.05, 0.1) is 29.1 Å². The van der Waals surface area contributed by atoms with Gasteiger partial charge in [-0.1, -0.05) is 25.1 Å². The van der Waals surface area contributed by atoms with Gasteiger partial charge in [-0.2, -0.15) is 0 Å². The zero-order valence-corrected chi connectivity index (χ0v) is 20.3. The predicted molar refractivity (Wildman–Crippen MR) is 135 cm³/mol. The Morgan fingerprint density at radius 1 is 1.14 bits per heavy atom. The van der Waals surface area contributed by atoms with Crippen molar-refractivity contribution in [1.82, 2.24) is 25.3 Å². The van der Waals surface area contributed by atoms with E-state index in [1.165, 1.54) is 0 Å². The van der Waals surface area contributed by atoms with Crippen molar-refractivity contribution in [3.05, 3.63) is 77.5 Å². The standard InChI is InChI=1S/C27H28N6O2/c1-16(19-6-5-7-20-21(26(34)28-4)8-9-29-24(19)20)12-30-23-11-22(32-15-33-23)17-10-18-14-35-27(2,3)25(18)31-13-17/h5-11,13,15-16H,12,14H2,1-4H3,(H,28,34)(H,30,32,33)/t16-/m1/s1. The second-order valence-electron chi connectivity index (χ2n) is 9.28. The van der Waals surface area contributed by atoms with Crippen molar-refractivity contribution in [1.29, 1.82) is 0 Å². The van der Waals surface area contributed by atoms with Gasteiger partial charge < -0.3 is 15.4 Å². The van der Waals surface area contributed by atoms with Gasteiger partial charge in [0, 0.05) is 54.5 Å². The molecule has 0 aliphatic carbocycles. The maximum absolute atomic E-state index is 12.3. The molecule has 8 heteroatoms. The van der Waals surface area contributed by atoms with Crippen molar-refractivity contribution in [2.24, 2.45) is 0 Å². The van der Waals surface area contributed by atoms with Crippen LogP contribution in [0.15, 0.2) is 55.1 Å². The van der Waals surface area contributed by atoms with Crippen LogP contribution >= 0.6 is 0 Å². The Morgan fingerprint density at radius 3 is 2.83 bits per heavy atom. The van der Waals surface area contributed by atoms with Crippen molar-refractivity contribution < 1.29 is 9.53 Å². The van der Waals surface area contributed by atoms with Gasteiger partial charge in [0.25, 0.3) is 5.91 Å². The lowest BCUT2D eigenvalue weighted by Crippen LogP contribution is -2.18. The molecular weight excluding hydrogens is 440 g/mol. The summed E-state index contributed by atoms with van der Waals surface area (Å²) in [5.74, 6) is 0.744. The average Bonchev–Trinajstić information content (AvgIpc) is 3.20. The highest BCUT2D eigenvalue weighted by Gasteiger charge is 2.32. The highest BCUT2D eigenvalue weighted by molar-refractivity contribution is 6.06. The minimum absolute atomic E-state index is 0.120. The van der Waals surface area contributed by atoms with Crippen molar-refractivity contribution in [2.75, 3.05) is 18.9 Å². The zero-order chi connectivity index (χ0) is 24.6.